The van der Waals surface area contributed by atoms with Gasteiger partial charge in [0.05, 0.1) is 11.3 Å². The van der Waals surface area contributed by atoms with Crippen LogP contribution in [-0.2, 0) is 12.0 Å². The molecule has 110 valence electrons. The largest absolute Gasteiger partial charge is 0.487 e. The molecule has 2 aromatic rings. The maximum absolute atomic E-state index is 10.7. The molecule has 2 rings (SSSR count). The molecule has 0 fully saturated rings. The molecule has 0 amide bonds. The summed E-state index contributed by atoms with van der Waals surface area (Å²) in [4.78, 5) is 14.8. The monoisotopic (exact) mass is 285 g/mol. The summed E-state index contributed by atoms with van der Waals surface area (Å²) in [6, 6.07) is 11.2. The molecular formula is C17H19NO3. The summed E-state index contributed by atoms with van der Waals surface area (Å²) in [5.41, 5.74) is 2.24. The standard InChI is InChI=1S/C17H19NO3/c1-17(2,3)13-5-8-15(9-6-13)21-11-14-7-4-12(10-18-14)16(19)20/h4-10H,11H2,1-3H3,(H,19,20). The number of ether oxygens (including phenoxy) is 1. The van der Waals surface area contributed by atoms with Crippen LogP contribution in [-0.4, -0.2) is 16.1 Å². The van der Waals surface area contributed by atoms with Crippen LogP contribution in [0.1, 0.15) is 42.4 Å². The highest BCUT2D eigenvalue weighted by Gasteiger charge is 2.13. The fourth-order valence-electron chi connectivity index (χ4n) is 1.84. The van der Waals surface area contributed by atoms with E-state index >= 15 is 0 Å². The van der Waals surface area contributed by atoms with Crippen molar-refractivity contribution in [2.45, 2.75) is 32.8 Å². The molecule has 4 nitrogen and oxygen atoms in total. The lowest BCUT2D eigenvalue weighted by atomic mass is 9.87. The second kappa shape index (κ2) is 5.95. The Bertz CT molecular complexity index is 610. The first kappa shape index (κ1) is 15.0. The summed E-state index contributed by atoms with van der Waals surface area (Å²) in [6.07, 6.45) is 1.34. The zero-order valence-corrected chi connectivity index (χ0v) is 12.5. The van der Waals surface area contributed by atoms with Crippen molar-refractivity contribution in [2.75, 3.05) is 0 Å². The lowest BCUT2D eigenvalue weighted by Crippen LogP contribution is -2.10. The summed E-state index contributed by atoms with van der Waals surface area (Å²) in [5.74, 6) is -0.208. The van der Waals surface area contributed by atoms with Crippen molar-refractivity contribution in [1.29, 1.82) is 0 Å². The third kappa shape index (κ3) is 4.05. The first-order valence-electron chi connectivity index (χ1n) is 6.78. The minimum Gasteiger partial charge on any atom is -0.487 e. The predicted molar refractivity (Wildman–Crippen MR) is 80.7 cm³/mol. The molecule has 1 aromatic carbocycles. The van der Waals surface area contributed by atoms with Crippen molar-refractivity contribution < 1.29 is 14.6 Å². The fourth-order valence-corrected chi connectivity index (χ4v) is 1.84. The highest BCUT2D eigenvalue weighted by atomic mass is 16.5. The van der Waals surface area contributed by atoms with E-state index in [-0.39, 0.29) is 11.0 Å². The van der Waals surface area contributed by atoms with Crippen LogP contribution >= 0.6 is 0 Å². The van der Waals surface area contributed by atoms with Crippen molar-refractivity contribution in [3.05, 3.63) is 59.4 Å². The van der Waals surface area contributed by atoms with Crippen molar-refractivity contribution in [2.24, 2.45) is 0 Å². The molecule has 1 aromatic heterocycles. The third-order valence-corrected chi connectivity index (χ3v) is 3.18. The van der Waals surface area contributed by atoms with Crippen LogP contribution in [0.4, 0.5) is 0 Å². The molecular weight excluding hydrogens is 266 g/mol. The Morgan fingerprint density at radius 2 is 1.81 bits per heavy atom. The number of carboxylic acid groups (broad SMARTS) is 1. The van der Waals surface area contributed by atoms with Gasteiger partial charge in [-0.05, 0) is 35.2 Å². The molecule has 0 spiro atoms. The van der Waals surface area contributed by atoms with Crippen LogP contribution in [0.2, 0.25) is 0 Å². The number of benzene rings is 1. The van der Waals surface area contributed by atoms with E-state index in [1.165, 1.54) is 17.8 Å². The van der Waals surface area contributed by atoms with E-state index in [4.69, 9.17) is 9.84 Å². The third-order valence-electron chi connectivity index (χ3n) is 3.18. The highest BCUT2D eigenvalue weighted by Crippen LogP contribution is 2.24. The second-order valence-electron chi connectivity index (χ2n) is 5.91. The van der Waals surface area contributed by atoms with Gasteiger partial charge in [-0.15, -0.1) is 0 Å². The molecule has 0 saturated carbocycles. The molecule has 0 aliphatic heterocycles. The van der Waals surface area contributed by atoms with E-state index in [9.17, 15) is 4.79 Å². The van der Waals surface area contributed by atoms with E-state index in [2.05, 4.69) is 37.9 Å². The maximum Gasteiger partial charge on any atom is 0.337 e. The number of carbonyl (C=O) groups is 1. The average Bonchev–Trinajstić information content (AvgIpc) is 2.45. The minimum absolute atomic E-state index is 0.118. The van der Waals surface area contributed by atoms with Crippen LogP contribution in [0.3, 0.4) is 0 Å². The number of nitrogens with zero attached hydrogens (tertiary/aromatic N) is 1. The fraction of sp³-hybridized carbons (Fsp3) is 0.294. The van der Waals surface area contributed by atoms with Gasteiger partial charge in [0, 0.05) is 6.20 Å². The topological polar surface area (TPSA) is 59.4 Å². The van der Waals surface area contributed by atoms with Crippen LogP contribution in [0.5, 0.6) is 5.75 Å². The van der Waals surface area contributed by atoms with Gasteiger partial charge in [-0.3, -0.25) is 4.98 Å². The van der Waals surface area contributed by atoms with Crippen LogP contribution in [0.15, 0.2) is 42.6 Å². The first-order valence-corrected chi connectivity index (χ1v) is 6.78. The first-order chi connectivity index (χ1) is 9.86. The van der Waals surface area contributed by atoms with Gasteiger partial charge in [0.25, 0.3) is 0 Å². The molecule has 0 saturated heterocycles. The van der Waals surface area contributed by atoms with Gasteiger partial charge >= 0.3 is 5.97 Å². The Labute approximate surface area is 124 Å². The molecule has 4 heteroatoms. The van der Waals surface area contributed by atoms with Gasteiger partial charge in [-0.2, -0.15) is 0 Å². The molecule has 0 aliphatic carbocycles. The molecule has 1 N–H and O–H groups in total. The van der Waals surface area contributed by atoms with Crippen molar-refractivity contribution >= 4 is 5.97 Å². The van der Waals surface area contributed by atoms with Gasteiger partial charge in [0.1, 0.15) is 12.4 Å². The number of rotatable bonds is 4. The summed E-state index contributed by atoms with van der Waals surface area (Å²) in [7, 11) is 0. The quantitative estimate of drug-likeness (QED) is 0.931. The van der Waals surface area contributed by atoms with E-state index in [1.807, 2.05) is 12.1 Å². The highest BCUT2D eigenvalue weighted by molar-refractivity contribution is 5.87. The van der Waals surface area contributed by atoms with Crippen LogP contribution in [0.25, 0.3) is 0 Å². The van der Waals surface area contributed by atoms with Crippen LogP contribution < -0.4 is 4.74 Å². The molecule has 0 radical (unpaired) electrons. The number of aromatic nitrogens is 1. The van der Waals surface area contributed by atoms with Gasteiger partial charge in [0.15, 0.2) is 0 Å². The zero-order chi connectivity index (χ0) is 15.5. The number of pyridine rings is 1. The van der Waals surface area contributed by atoms with Gasteiger partial charge in [0.2, 0.25) is 0 Å². The predicted octanol–water partition coefficient (Wildman–Crippen LogP) is 3.66. The number of hydrogen-bond donors (Lipinski definition) is 1. The average molecular weight is 285 g/mol. The molecule has 21 heavy (non-hydrogen) atoms. The maximum atomic E-state index is 10.7. The Morgan fingerprint density at radius 3 is 2.29 bits per heavy atom. The van der Waals surface area contributed by atoms with Crippen molar-refractivity contribution in [3.8, 4) is 5.75 Å². The number of aromatic carboxylic acids is 1. The Morgan fingerprint density at radius 1 is 1.14 bits per heavy atom. The number of hydrogen-bond acceptors (Lipinski definition) is 3. The summed E-state index contributed by atoms with van der Waals surface area (Å²) >= 11 is 0. The Balaban J connectivity index is 1.98. The SMILES string of the molecule is CC(C)(C)c1ccc(OCc2ccc(C(=O)O)cn2)cc1. The van der Waals surface area contributed by atoms with Crippen molar-refractivity contribution in [3.63, 3.8) is 0 Å². The molecule has 0 unspecified atom stereocenters. The number of carboxylic acids is 1. The lowest BCUT2D eigenvalue weighted by Gasteiger charge is -2.19. The Hall–Kier alpha value is -2.36. The lowest BCUT2D eigenvalue weighted by molar-refractivity contribution is 0.0696. The smallest absolute Gasteiger partial charge is 0.337 e. The van der Waals surface area contributed by atoms with E-state index < -0.39 is 5.97 Å². The zero-order valence-electron chi connectivity index (χ0n) is 12.5. The van der Waals surface area contributed by atoms with Crippen molar-refractivity contribution in [1.82, 2.24) is 4.98 Å². The summed E-state index contributed by atoms with van der Waals surface area (Å²) in [6.45, 7) is 6.80. The minimum atomic E-state index is -0.979. The van der Waals surface area contributed by atoms with Gasteiger partial charge in [-0.25, -0.2) is 4.79 Å². The summed E-state index contributed by atoms with van der Waals surface area (Å²) < 4.78 is 5.65. The second-order valence-corrected chi connectivity index (χ2v) is 5.91. The Kier molecular flexibility index (Phi) is 4.26. The van der Waals surface area contributed by atoms with E-state index in [0.29, 0.717) is 12.3 Å². The van der Waals surface area contributed by atoms with Crippen LogP contribution in [0, 0.1) is 0 Å². The molecule has 1 heterocycles. The normalized spacial score (nSPS) is 11.2. The molecule has 0 bridgehead atoms. The van der Waals surface area contributed by atoms with E-state index in [1.54, 1.807) is 6.07 Å². The van der Waals surface area contributed by atoms with Gasteiger partial charge in [-0.1, -0.05) is 32.9 Å². The summed E-state index contributed by atoms with van der Waals surface area (Å²) in [5, 5.41) is 8.80. The molecule has 0 atom stereocenters. The van der Waals surface area contributed by atoms with Gasteiger partial charge < -0.3 is 9.84 Å². The molecule has 0 aliphatic rings. The van der Waals surface area contributed by atoms with E-state index in [0.717, 1.165) is 5.75 Å².